The Hall–Kier alpha value is -1.26. The van der Waals surface area contributed by atoms with E-state index in [0.717, 1.165) is 0 Å². The molecule has 0 bridgehead atoms. The highest BCUT2D eigenvalue weighted by atomic mass is 16.6. The van der Waals surface area contributed by atoms with Gasteiger partial charge in [0.15, 0.2) is 0 Å². The zero-order valence-corrected chi connectivity index (χ0v) is 9.66. The fourth-order valence-corrected chi connectivity index (χ4v) is 1.33. The highest BCUT2D eigenvalue weighted by Crippen LogP contribution is 2.14. The number of rotatable bonds is 1. The minimum absolute atomic E-state index is 0.0659. The molecular formula is C10H18N2O3. The fourth-order valence-electron chi connectivity index (χ4n) is 1.33. The standard InChI is InChI=1S/C10H18N2O3/c1-7(13)11-8-5-12(6-8)9(14)15-10(2,3)4/h8H,5-6H2,1-4H3,(H,11,13). The molecular weight excluding hydrogens is 196 g/mol. The van der Waals surface area contributed by atoms with Crippen LogP contribution in [0.4, 0.5) is 4.79 Å². The first-order valence-corrected chi connectivity index (χ1v) is 5.03. The van der Waals surface area contributed by atoms with Crippen LogP contribution in [-0.4, -0.2) is 41.6 Å². The van der Waals surface area contributed by atoms with Gasteiger partial charge in [-0.1, -0.05) is 0 Å². The lowest BCUT2D eigenvalue weighted by Gasteiger charge is -2.39. The number of carbonyl (C=O) groups excluding carboxylic acids is 2. The molecule has 0 atom stereocenters. The number of hydrogen-bond donors (Lipinski definition) is 1. The number of ether oxygens (including phenoxy) is 1. The molecule has 0 spiro atoms. The van der Waals surface area contributed by atoms with Crippen LogP contribution in [0.3, 0.4) is 0 Å². The van der Waals surface area contributed by atoms with Crippen LogP contribution >= 0.6 is 0 Å². The number of amides is 2. The van der Waals surface area contributed by atoms with E-state index < -0.39 is 5.60 Å². The van der Waals surface area contributed by atoms with Crippen molar-refractivity contribution in [1.82, 2.24) is 10.2 Å². The molecule has 1 fully saturated rings. The van der Waals surface area contributed by atoms with Gasteiger partial charge in [0.05, 0.1) is 6.04 Å². The molecule has 0 aliphatic carbocycles. The zero-order chi connectivity index (χ0) is 11.6. The van der Waals surface area contributed by atoms with Gasteiger partial charge in [0.2, 0.25) is 5.91 Å². The van der Waals surface area contributed by atoms with Crippen molar-refractivity contribution in [3.8, 4) is 0 Å². The second-order valence-corrected chi connectivity index (χ2v) is 4.78. The van der Waals surface area contributed by atoms with Crippen molar-refractivity contribution in [2.75, 3.05) is 13.1 Å². The van der Waals surface area contributed by atoms with E-state index in [4.69, 9.17) is 4.74 Å². The second-order valence-electron chi connectivity index (χ2n) is 4.78. The van der Waals surface area contributed by atoms with Gasteiger partial charge in [-0.05, 0) is 20.8 Å². The van der Waals surface area contributed by atoms with Gasteiger partial charge in [0.1, 0.15) is 5.60 Å². The summed E-state index contributed by atoms with van der Waals surface area (Å²) >= 11 is 0. The van der Waals surface area contributed by atoms with Crippen LogP contribution in [0, 0.1) is 0 Å². The maximum absolute atomic E-state index is 11.5. The maximum Gasteiger partial charge on any atom is 0.410 e. The van der Waals surface area contributed by atoms with E-state index in [1.165, 1.54) is 6.92 Å². The van der Waals surface area contributed by atoms with Gasteiger partial charge in [0, 0.05) is 20.0 Å². The Morgan fingerprint density at radius 3 is 2.27 bits per heavy atom. The Balaban J connectivity index is 2.27. The van der Waals surface area contributed by atoms with Crippen molar-refractivity contribution in [2.45, 2.75) is 39.3 Å². The summed E-state index contributed by atoms with van der Waals surface area (Å²) < 4.78 is 5.17. The highest BCUT2D eigenvalue weighted by molar-refractivity contribution is 5.74. The minimum atomic E-state index is -0.462. The number of likely N-dealkylation sites (tertiary alicyclic amines) is 1. The van der Waals surface area contributed by atoms with Crippen LogP contribution in [0.15, 0.2) is 0 Å². The molecule has 1 saturated heterocycles. The average Bonchev–Trinajstić information content (AvgIpc) is 1.91. The molecule has 1 aliphatic heterocycles. The van der Waals surface area contributed by atoms with E-state index in [-0.39, 0.29) is 18.0 Å². The zero-order valence-electron chi connectivity index (χ0n) is 9.66. The lowest BCUT2D eigenvalue weighted by atomic mass is 10.1. The minimum Gasteiger partial charge on any atom is -0.444 e. The van der Waals surface area contributed by atoms with Crippen LogP contribution in [-0.2, 0) is 9.53 Å². The van der Waals surface area contributed by atoms with Crippen molar-refractivity contribution in [3.63, 3.8) is 0 Å². The summed E-state index contributed by atoms with van der Waals surface area (Å²) in [6.45, 7) is 8.03. The van der Waals surface area contributed by atoms with Crippen LogP contribution in [0.2, 0.25) is 0 Å². The Morgan fingerprint density at radius 1 is 1.33 bits per heavy atom. The summed E-state index contributed by atoms with van der Waals surface area (Å²) in [5, 5.41) is 2.74. The van der Waals surface area contributed by atoms with Gasteiger partial charge in [-0.15, -0.1) is 0 Å². The SMILES string of the molecule is CC(=O)NC1CN(C(=O)OC(C)(C)C)C1. The Labute approximate surface area is 89.8 Å². The van der Waals surface area contributed by atoms with Gasteiger partial charge in [0.25, 0.3) is 0 Å². The topological polar surface area (TPSA) is 58.6 Å². The molecule has 5 heteroatoms. The van der Waals surface area contributed by atoms with E-state index in [0.29, 0.717) is 13.1 Å². The molecule has 0 unspecified atom stereocenters. The summed E-state index contributed by atoms with van der Waals surface area (Å²) in [5.74, 6) is -0.0659. The van der Waals surface area contributed by atoms with Gasteiger partial charge >= 0.3 is 6.09 Å². The van der Waals surface area contributed by atoms with Crippen molar-refractivity contribution < 1.29 is 14.3 Å². The van der Waals surface area contributed by atoms with Crippen LogP contribution in [0.1, 0.15) is 27.7 Å². The molecule has 0 saturated carbocycles. The summed E-state index contributed by atoms with van der Waals surface area (Å²) in [6.07, 6.45) is -0.316. The molecule has 1 N–H and O–H groups in total. The van der Waals surface area contributed by atoms with Crippen molar-refractivity contribution in [2.24, 2.45) is 0 Å². The first-order valence-electron chi connectivity index (χ1n) is 5.03. The summed E-state index contributed by atoms with van der Waals surface area (Å²) in [4.78, 5) is 23.7. The molecule has 0 radical (unpaired) electrons. The van der Waals surface area contributed by atoms with E-state index >= 15 is 0 Å². The van der Waals surface area contributed by atoms with Crippen molar-refractivity contribution >= 4 is 12.0 Å². The Morgan fingerprint density at radius 2 is 1.87 bits per heavy atom. The average molecular weight is 214 g/mol. The van der Waals surface area contributed by atoms with Crippen LogP contribution in [0.25, 0.3) is 0 Å². The monoisotopic (exact) mass is 214 g/mol. The molecule has 1 aliphatic rings. The molecule has 0 aromatic carbocycles. The highest BCUT2D eigenvalue weighted by Gasteiger charge is 2.33. The molecule has 15 heavy (non-hydrogen) atoms. The molecule has 2 amide bonds. The molecule has 86 valence electrons. The normalized spacial score (nSPS) is 16.9. The van der Waals surface area contributed by atoms with Crippen molar-refractivity contribution in [3.05, 3.63) is 0 Å². The van der Waals surface area contributed by atoms with E-state index in [9.17, 15) is 9.59 Å². The quantitative estimate of drug-likeness (QED) is 0.700. The summed E-state index contributed by atoms with van der Waals surface area (Å²) in [7, 11) is 0. The first kappa shape index (κ1) is 11.8. The van der Waals surface area contributed by atoms with E-state index in [2.05, 4.69) is 5.32 Å². The largest absolute Gasteiger partial charge is 0.444 e. The van der Waals surface area contributed by atoms with E-state index in [1.807, 2.05) is 20.8 Å². The Bertz CT molecular complexity index is 264. The first-order chi connectivity index (χ1) is 6.78. The molecule has 1 rings (SSSR count). The molecule has 1 heterocycles. The number of carbonyl (C=O) groups is 2. The number of nitrogens with zero attached hydrogens (tertiary/aromatic N) is 1. The Kier molecular flexibility index (Phi) is 3.21. The number of nitrogens with one attached hydrogen (secondary N) is 1. The lowest BCUT2D eigenvalue weighted by Crippen LogP contribution is -2.61. The molecule has 0 aromatic heterocycles. The van der Waals surface area contributed by atoms with Gasteiger partial charge < -0.3 is 15.0 Å². The van der Waals surface area contributed by atoms with Crippen molar-refractivity contribution in [1.29, 1.82) is 0 Å². The molecule has 5 nitrogen and oxygen atoms in total. The smallest absolute Gasteiger partial charge is 0.410 e. The fraction of sp³-hybridized carbons (Fsp3) is 0.800. The third kappa shape index (κ3) is 3.77. The predicted molar refractivity (Wildman–Crippen MR) is 55.4 cm³/mol. The third-order valence-electron chi connectivity index (χ3n) is 1.94. The lowest BCUT2D eigenvalue weighted by molar-refractivity contribution is -0.120. The van der Waals surface area contributed by atoms with Gasteiger partial charge in [-0.2, -0.15) is 0 Å². The summed E-state index contributed by atoms with van der Waals surface area (Å²) in [6, 6.07) is 0.0787. The maximum atomic E-state index is 11.5. The number of hydrogen-bond acceptors (Lipinski definition) is 3. The van der Waals surface area contributed by atoms with Gasteiger partial charge in [-0.3, -0.25) is 4.79 Å². The van der Waals surface area contributed by atoms with Crippen LogP contribution in [0.5, 0.6) is 0 Å². The van der Waals surface area contributed by atoms with E-state index in [1.54, 1.807) is 4.90 Å². The van der Waals surface area contributed by atoms with Crippen LogP contribution < -0.4 is 5.32 Å². The summed E-state index contributed by atoms with van der Waals surface area (Å²) in [5.41, 5.74) is -0.462. The second kappa shape index (κ2) is 4.08. The predicted octanol–water partition coefficient (Wildman–Crippen LogP) is 0.742. The molecule has 0 aromatic rings. The van der Waals surface area contributed by atoms with Gasteiger partial charge in [-0.25, -0.2) is 4.79 Å². The third-order valence-corrected chi connectivity index (χ3v) is 1.94.